The smallest absolute Gasteiger partial charge is 0.0537 e. The standard InChI is InChI=1S/C14H25N3S2/c1-4-6-15-13(11-9-16-17(3)10-11)14-12(5-2)18-7-8-19-14/h9-10,12-15H,4-8H2,1-3H3. The second kappa shape index (κ2) is 7.60. The van der Waals surface area contributed by atoms with E-state index in [9.17, 15) is 0 Å². The third kappa shape index (κ3) is 3.92. The molecule has 5 heteroatoms. The molecule has 1 fully saturated rings. The molecular formula is C14H25N3S2. The number of rotatable bonds is 6. The summed E-state index contributed by atoms with van der Waals surface area (Å²) in [6.45, 7) is 5.63. The lowest BCUT2D eigenvalue weighted by Gasteiger charge is -2.36. The predicted octanol–water partition coefficient (Wildman–Crippen LogP) is 3.09. The van der Waals surface area contributed by atoms with E-state index in [1.165, 1.54) is 29.9 Å². The van der Waals surface area contributed by atoms with Crippen molar-refractivity contribution in [2.45, 2.75) is 43.2 Å². The van der Waals surface area contributed by atoms with Gasteiger partial charge in [0.25, 0.3) is 0 Å². The van der Waals surface area contributed by atoms with Crippen LogP contribution in [0.5, 0.6) is 0 Å². The van der Waals surface area contributed by atoms with Gasteiger partial charge in [-0.1, -0.05) is 13.8 Å². The number of aryl methyl sites for hydroxylation is 1. The molecule has 3 atom stereocenters. The Morgan fingerprint density at radius 1 is 1.42 bits per heavy atom. The number of aromatic nitrogens is 2. The molecule has 1 saturated heterocycles. The monoisotopic (exact) mass is 299 g/mol. The van der Waals surface area contributed by atoms with E-state index in [0.29, 0.717) is 11.3 Å². The maximum Gasteiger partial charge on any atom is 0.0537 e. The van der Waals surface area contributed by atoms with Gasteiger partial charge < -0.3 is 5.32 Å². The van der Waals surface area contributed by atoms with Crippen LogP contribution in [0.4, 0.5) is 0 Å². The molecular weight excluding hydrogens is 274 g/mol. The fourth-order valence-electron chi connectivity index (χ4n) is 2.57. The summed E-state index contributed by atoms with van der Waals surface area (Å²) >= 11 is 4.28. The molecule has 1 aromatic rings. The van der Waals surface area contributed by atoms with Gasteiger partial charge >= 0.3 is 0 Å². The lowest BCUT2D eigenvalue weighted by molar-refractivity contribution is 0.497. The first kappa shape index (κ1) is 15.3. The normalized spacial score (nSPS) is 25.4. The fourth-order valence-corrected chi connectivity index (χ4v) is 5.82. The van der Waals surface area contributed by atoms with Crippen LogP contribution in [0.3, 0.4) is 0 Å². The van der Waals surface area contributed by atoms with Gasteiger partial charge in [0.1, 0.15) is 0 Å². The van der Waals surface area contributed by atoms with Crippen LogP contribution in [0.15, 0.2) is 12.4 Å². The molecule has 1 N–H and O–H groups in total. The topological polar surface area (TPSA) is 29.9 Å². The van der Waals surface area contributed by atoms with Crippen LogP contribution in [0, 0.1) is 0 Å². The zero-order valence-corrected chi connectivity index (χ0v) is 13.8. The molecule has 3 unspecified atom stereocenters. The molecule has 0 bridgehead atoms. The van der Waals surface area contributed by atoms with Crippen molar-refractivity contribution in [3.63, 3.8) is 0 Å². The molecule has 0 amide bonds. The number of nitrogens with zero attached hydrogens (tertiary/aromatic N) is 2. The van der Waals surface area contributed by atoms with Crippen molar-refractivity contribution in [1.82, 2.24) is 15.1 Å². The molecule has 1 aromatic heterocycles. The third-order valence-electron chi connectivity index (χ3n) is 3.52. The lowest BCUT2D eigenvalue weighted by Crippen LogP contribution is -2.38. The summed E-state index contributed by atoms with van der Waals surface area (Å²) in [6.07, 6.45) is 6.63. The van der Waals surface area contributed by atoms with Crippen LogP contribution >= 0.6 is 23.5 Å². The highest BCUT2D eigenvalue weighted by Crippen LogP contribution is 2.40. The Kier molecular flexibility index (Phi) is 6.10. The number of thioether (sulfide) groups is 2. The predicted molar refractivity (Wildman–Crippen MR) is 87.0 cm³/mol. The third-order valence-corrected chi connectivity index (χ3v) is 6.87. The van der Waals surface area contributed by atoms with E-state index in [4.69, 9.17) is 0 Å². The molecule has 2 rings (SSSR count). The van der Waals surface area contributed by atoms with E-state index in [-0.39, 0.29) is 0 Å². The van der Waals surface area contributed by atoms with E-state index in [2.05, 4.69) is 54.0 Å². The molecule has 0 radical (unpaired) electrons. The van der Waals surface area contributed by atoms with Gasteiger partial charge in [-0.2, -0.15) is 28.6 Å². The van der Waals surface area contributed by atoms with Gasteiger partial charge in [-0.15, -0.1) is 0 Å². The van der Waals surface area contributed by atoms with Crippen LogP contribution in [0.2, 0.25) is 0 Å². The molecule has 0 aliphatic carbocycles. The van der Waals surface area contributed by atoms with Gasteiger partial charge in [-0.3, -0.25) is 4.68 Å². The van der Waals surface area contributed by atoms with Gasteiger partial charge in [0.15, 0.2) is 0 Å². The minimum atomic E-state index is 0.441. The summed E-state index contributed by atoms with van der Waals surface area (Å²) in [4.78, 5) is 0. The summed E-state index contributed by atoms with van der Waals surface area (Å²) in [5.74, 6) is 2.57. The highest BCUT2D eigenvalue weighted by atomic mass is 32.2. The zero-order chi connectivity index (χ0) is 13.7. The molecule has 19 heavy (non-hydrogen) atoms. The van der Waals surface area contributed by atoms with Gasteiger partial charge in [-0.25, -0.2) is 0 Å². The highest BCUT2D eigenvalue weighted by Gasteiger charge is 2.33. The second-order valence-corrected chi connectivity index (χ2v) is 7.67. The first-order chi connectivity index (χ1) is 9.26. The first-order valence-corrected chi connectivity index (χ1v) is 9.31. The average Bonchev–Trinajstić information content (AvgIpc) is 2.86. The summed E-state index contributed by atoms with van der Waals surface area (Å²) in [5, 5.41) is 9.52. The number of nitrogens with one attached hydrogen (secondary N) is 1. The summed E-state index contributed by atoms with van der Waals surface area (Å²) in [7, 11) is 2.00. The van der Waals surface area contributed by atoms with Gasteiger partial charge in [0.2, 0.25) is 0 Å². The molecule has 0 saturated carbocycles. The Balaban J connectivity index is 2.15. The van der Waals surface area contributed by atoms with E-state index in [0.717, 1.165) is 11.8 Å². The second-order valence-electron chi connectivity index (χ2n) is 5.03. The summed E-state index contributed by atoms with van der Waals surface area (Å²) in [5.41, 5.74) is 1.34. The summed E-state index contributed by atoms with van der Waals surface area (Å²) < 4.78 is 1.91. The minimum absolute atomic E-state index is 0.441. The Bertz CT molecular complexity index is 381. The van der Waals surface area contributed by atoms with Gasteiger partial charge in [0, 0.05) is 46.9 Å². The SMILES string of the molecule is CCCNC(c1cnn(C)c1)C1SCCSC1CC. The van der Waals surface area contributed by atoms with E-state index in [1.54, 1.807) is 0 Å². The molecule has 1 aliphatic rings. The average molecular weight is 300 g/mol. The molecule has 0 spiro atoms. The maximum atomic E-state index is 4.35. The Labute approximate surface area is 125 Å². The Morgan fingerprint density at radius 2 is 2.21 bits per heavy atom. The van der Waals surface area contributed by atoms with Crippen LogP contribution in [-0.4, -0.2) is 38.3 Å². The van der Waals surface area contributed by atoms with Crippen molar-refractivity contribution in [2.24, 2.45) is 7.05 Å². The van der Waals surface area contributed by atoms with Crippen molar-refractivity contribution in [1.29, 1.82) is 0 Å². The largest absolute Gasteiger partial charge is 0.309 e. The van der Waals surface area contributed by atoms with Crippen LogP contribution < -0.4 is 5.32 Å². The fraction of sp³-hybridized carbons (Fsp3) is 0.786. The van der Waals surface area contributed by atoms with Gasteiger partial charge in [-0.05, 0) is 19.4 Å². The minimum Gasteiger partial charge on any atom is -0.309 e. The van der Waals surface area contributed by atoms with Gasteiger partial charge in [0.05, 0.1) is 6.20 Å². The van der Waals surface area contributed by atoms with E-state index in [1.807, 2.05) is 17.9 Å². The van der Waals surface area contributed by atoms with Crippen molar-refractivity contribution < 1.29 is 0 Å². The van der Waals surface area contributed by atoms with E-state index < -0.39 is 0 Å². The highest BCUT2D eigenvalue weighted by molar-refractivity contribution is 8.07. The van der Waals surface area contributed by atoms with Crippen LogP contribution in [0.25, 0.3) is 0 Å². The van der Waals surface area contributed by atoms with Crippen molar-refractivity contribution in [3.8, 4) is 0 Å². The van der Waals surface area contributed by atoms with Crippen molar-refractivity contribution >= 4 is 23.5 Å². The maximum absolute atomic E-state index is 4.35. The number of hydrogen-bond donors (Lipinski definition) is 1. The van der Waals surface area contributed by atoms with Crippen molar-refractivity contribution in [3.05, 3.63) is 18.0 Å². The lowest BCUT2D eigenvalue weighted by atomic mass is 10.0. The zero-order valence-electron chi connectivity index (χ0n) is 12.1. The quantitative estimate of drug-likeness (QED) is 0.874. The van der Waals surface area contributed by atoms with Crippen LogP contribution in [0.1, 0.15) is 38.3 Å². The molecule has 1 aliphatic heterocycles. The summed E-state index contributed by atoms with van der Waals surface area (Å²) in [6, 6.07) is 0.441. The van der Waals surface area contributed by atoms with E-state index >= 15 is 0 Å². The first-order valence-electron chi connectivity index (χ1n) is 7.21. The number of hydrogen-bond acceptors (Lipinski definition) is 4. The molecule has 0 aromatic carbocycles. The molecule has 2 heterocycles. The van der Waals surface area contributed by atoms with Crippen LogP contribution in [-0.2, 0) is 7.05 Å². The molecule has 108 valence electrons. The molecule has 3 nitrogen and oxygen atoms in total. The van der Waals surface area contributed by atoms with Crippen molar-refractivity contribution in [2.75, 3.05) is 18.1 Å². The Morgan fingerprint density at radius 3 is 2.84 bits per heavy atom. The Hall–Kier alpha value is -0.130.